The second-order valence-corrected chi connectivity index (χ2v) is 4.19. The molecule has 1 aromatic heterocycles. The molecule has 0 bridgehead atoms. The van der Waals surface area contributed by atoms with Crippen molar-refractivity contribution in [2.24, 2.45) is 11.7 Å². The first kappa shape index (κ1) is 8.06. The SMILES string of the molecule is NC(c1ccc2[nH]ccc2c1)C1CC1. The maximum atomic E-state index is 6.15. The van der Waals surface area contributed by atoms with Gasteiger partial charge in [-0.15, -0.1) is 0 Å². The summed E-state index contributed by atoms with van der Waals surface area (Å²) < 4.78 is 0. The molecule has 3 N–H and O–H groups in total. The van der Waals surface area contributed by atoms with E-state index in [2.05, 4.69) is 29.2 Å². The van der Waals surface area contributed by atoms with E-state index in [9.17, 15) is 0 Å². The summed E-state index contributed by atoms with van der Waals surface area (Å²) in [6, 6.07) is 8.80. The lowest BCUT2D eigenvalue weighted by Gasteiger charge is -2.10. The minimum Gasteiger partial charge on any atom is -0.361 e. The number of hydrogen-bond acceptors (Lipinski definition) is 1. The van der Waals surface area contributed by atoms with Gasteiger partial charge in [0.05, 0.1) is 0 Å². The molecule has 0 radical (unpaired) electrons. The second-order valence-electron chi connectivity index (χ2n) is 4.19. The van der Waals surface area contributed by atoms with Crippen molar-refractivity contribution in [1.29, 1.82) is 0 Å². The Kier molecular flexibility index (Phi) is 1.64. The highest BCUT2D eigenvalue weighted by Crippen LogP contribution is 2.39. The third kappa shape index (κ3) is 1.23. The average Bonchev–Trinajstić information content (AvgIpc) is 2.95. The van der Waals surface area contributed by atoms with Crippen molar-refractivity contribution in [2.45, 2.75) is 18.9 Å². The van der Waals surface area contributed by atoms with Crippen LogP contribution in [0, 0.1) is 5.92 Å². The number of hydrogen-bond donors (Lipinski definition) is 2. The fraction of sp³-hybridized carbons (Fsp3) is 0.333. The third-order valence-corrected chi connectivity index (χ3v) is 3.09. The van der Waals surface area contributed by atoms with Crippen LogP contribution in [0.3, 0.4) is 0 Å². The van der Waals surface area contributed by atoms with E-state index in [0.29, 0.717) is 0 Å². The van der Waals surface area contributed by atoms with Crippen LogP contribution < -0.4 is 5.73 Å². The highest BCUT2D eigenvalue weighted by molar-refractivity contribution is 5.80. The van der Waals surface area contributed by atoms with E-state index in [-0.39, 0.29) is 6.04 Å². The van der Waals surface area contributed by atoms with E-state index in [1.807, 2.05) is 6.20 Å². The zero-order chi connectivity index (χ0) is 9.54. The maximum Gasteiger partial charge on any atom is 0.0454 e. The van der Waals surface area contributed by atoms with Gasteiger partial charge in [-0.25, -0.2) is 0 Å². The molecule has 1 aliphatic carbocycles. The predicted octanol–water partition coefficient (Wildman–Crippen LogP) is 2.58. The number of H-pyrrole nitrogens is 1. The molecule has 1 fully saturated rings. The van der Waals surface area contributed by atoms with Gasteiger partial charge in [-0.1, -0.05) is 6.07 Å². The fourth-order valence-corrected chi connectivity index (χ4v) is 2.01. The van der Waals surface area contributed by atoms with Crippen LogP contribution in [0.4, 0.5) is 0 Å². The van der Waals surface area contributed by atoms with Gasteiger partial charge >= 0.3 is 0 Å². The van der Waals surface area contributed by atoms with E-state index in [1.54, 1.807) is 0 Å². The van der Waals surface area contributed by atoms with Gasteiger partial charge in [-0.05, 0) is 47.9 Å². The van der Waals surface area contributed by atoms with Crippen molar-refractivity contribution in [3.8, 4) is 0 Å². The van der Waals surface area contributed by atoms with Gasteiger partial charge in [0.15, 0.2) is 0 Å². The number of fused-ring (bicyclic) bond motifs is 1. The van der Waals surface area contributed by atoms with Crippen molar-refractivity contribution in [1.82, 2.24) is 4.98 Å². The molecule has 2 heteroatoms. The van der Waals surface area contributed by atoms with Crippen LogP contribution >= 0.6 is 0 Å². The first-order chi connectivity index (χ1) is 6.84. The smallest absolute Gasteiger partial charge is 0.0454 e. The minimum atomic E-state index is 0.245. The van der Waals surface area contributed by atoms with E-state index >= 15 is 0 Å². The largest absolute Gasteiger partial charge is 0.361 e. The number of benzene rings is 1. The van der Waals surface area contributed by atoms with Gasteiger partial charge < -0.3 is 10.7 Å². The Balaban J connectivity index is 2.03. The van der Waals surface area contributed by atoms with E-state index in [4.69, 9.17) is 5.73 Å². The van der Waals surface area contributed by atoms with Crippen molar-refractivity contribution < 1.29 is 0 Å². The Morgan fingerprint density at radius 3 is 2.93 bits per heavy atom. The van der Waals surface area contributed by atoms with E-state index in [0.717, 1.165) is 5.92 Å². The molecule has 1 saturated carbocycles. The first-order valence-electron chi connectivity index (χ1n) is 5.17. The normalized spacial score (nSPS) is 18.6. The fourth-order valence-electron chi connectivity index (χ4n) is 2.01. The molecule has 2 nitrogen and oxygen atoms in total. The van der Waals surface area contributed by atoms with Crippen LogP contribution in [0.1, 0.15) is 24.4 Å². The molecular weight excluding hydrogens is 172 g/mol. The molecule has 0 spiro atoms. The standard InChI is InChI=1S/C12H14N2/c13-12(8-1-2-8)10-3-4-11-9(7-10)5-6-14-11/h3-8,12,14H,1-2,13H2. The number of aromatic amines is 1. The summed E-state index contributed by atoms with van der Waals surface area (Å²) in [5, 5.41) is 1.26. The number of rotatable bonds is 2. The molecule has 72 valence electrons. The monoisotopic (exact) mass is 186 g/mol. The molecule has 1 unspecified atom stereocenters. The Hall–Kier alpha value is -1.28. The third-order valence-electron chi connectivity index (χ3n) is 3.09. The summed E-state index contributed by atoms with van der Waals surface area (Å²) in [7, 11) is 0. The van der Waals surface area contributed by atoms with Gasteiger partial charge in [0.25, 0.3) is 0 Å². The average molecular weight is 186 g/mol. The molecule has 1 heterocycles. The van der Waals surface area contributed by atoms with Gasteiger partial charge in [-0.2, -0.15) is 0 Å². The van der Waals surface area contributed by atoms with E-state index in [1.165, 1.54) is 29.3 Å². The zero-order valence-electron chi connectivity index (χ0n) is 8.03. The topological polar surface area (TPSA) is 41.8 Å². The summed E-state index contributed by atoms with van der Waals surface area (Å²) >= 11 is 0. The van der Waals surface area contributed by atoms with Crippen molar-refractivity contribution in [2.75, 3.05) is 0 Å². The molecular formula is C12H14N2. The van der Waals surface area contributed by atoms with Crippen molar-refractivity contribution >= 4 is 10.9 Å². The molecule has 14 heavy (non-hydrogen) atoms. The molecule has 1 aromatic carbocycles. The highest BCUT2D eigenvalue weighted by Gasteiger charge is 2.29. The predicted molar refractivity (Wildman–Crippen MR) is 58.0 cm³/mol. The molecule has 2 aromatic rings. The lowest BCUT2D eigenvalue weighted by atomic mass is 10.0. The van der Waals surface area contributed by atoms with Crippen LogP contribution in [0.2, 0.25) is 0 Å². The summed E-state index contributed by atoms with van der Waals surface area (Å²) in [6.07, 6.45) is 4.57. The summed E-state index contributed by atoms with van der Waals surface area (Å²) in [5.41, 5.74) is 8.62. The maximum absolute atomic E-state index is 6.15. The summed E-state index contributed by atoms with van der Waals surface area (Å²) in [4.78, 5) is 3.19. The van der Waals surface area contributed by atoms with Crippen molar-refractivity contribution in [3.63, 3.8) is 0 Å². The lowest BCUT2D eigenvalue weighted by molar-refractivity contribution is 0.634. The van der Waals surface area contributed by atoms with Gasteiger partial charge in [0.1, 0.15) is 0 Å². The molecule has 3 rings (SSSR count). The lowest BCUT2D eigenvalue weighted by Crippen LogP contribution is -2.11. The van der Waals surface area contributed by atoms with Crippen LogP contribution in [0.5, 0.6) is 0 Å². The molecule has 0 saturated heterocycles. The van der Waals surface area contributed by atoms with Crippen LogP contribution in [-0.4, -0.2) is 4.98 Å². The highest BCUT2D eigenvalue weighted by atomic mass is 14.7. The quantitative estimate of drug-likeness (QED) is 0.743. The zero-order valence-corrected chi connectivity index (χ0v) is 8.03. The Bertz CT molecular complexity index is 454. The first-order valence-corrected chi connectivity index (χ1v) is 5.17. The van der Waals surface area contributed by atoms with Crippen LogP contribution in [-0.2, 0) is 0 Å². The molecule has 0 amide bonds. The van der Waals surface area contributed by atoms with Crippen LogP contribution in [0.15, 0.2) is 30.5 Å². The summed E-state index contributed by atoms with van der Waals surface area (Å²) in [6.45, 7) is 0. The number of nitrogens with one attached hydrogen (secondary N) is 1. The molecule has 1 aliphatic rings. The van der Waals surface area contributed by atoms with E-state index < -0.39 is 0 Å². The second kappa shape index (κ2) is 2.85. The molecule has 0 aliphatic heterocycles. The Morgan fingerprint density at radius 2 is 2.14 bits per heavy atom. The summed E-state index contributed by atoms with van der Waals surface area (Å²) in [5.74, 6) is 0.728. The van der Waals surface area contributed by atoms with Gasteiger partial charge in [0, 0.05) is 17.8 Å². The van der Waals surface area contributed by atoms with Gasteiger partial charge in [0.2, 0.25) is 0 Å². The van der Waals surface area contributed by atoms with Crippen LogP contribution in [0.25, 0.3) is 10.9 Å². The van der Waals surface area contributed by atoms with Gasteiger partial charge in [-0.3, -0.25) is 0 Å². The van der Waals surface area contributed by atoms with Crippen molar-refractivity contribution in [3.05, 3.63) is 36.0 Å². The Labute approximate surface area is 83.1 Å². The number of aromatic nitrogens is 1. The Morgan fingerprint density at radius 1 is 1.29 bits per heavy atom. The minimum absolute atomic E-state index is 0.245. The molecule has 1 atom stereocenters. The number of nitrogens with two attached hydrogens (primary N) is 1.